The van der Waals surface area contributed by atoms with Crippen LogP contribution in [0.1, 0.15) is 73.0 Å². The summed E-state index contributed by atoms with van der Waals surface area (Å²) in [5.41, 5.74) is 8.06. The van der Waals surface area contributed by atoms with Gasteiger partial charge in [0.2, 0.25) is 0 Å². The standard InChI is InChI=1S/C29H35N/c1-3-23-8-10-25(11-9-23)18-26-12-14-27(15-13-26)20-29-17-16-28(21-30-29)19-24-6-4-22(2)5-7-24/h8-17,21-22,24H,3-7,18-20H2,1-2H3. The second-order valence-corrected chi connectivity index (χ2v) is 9.33. The minimum absolute atomic E-state index is 0.861. The smallest absolute Gasteiger partial charge is 0.0447 e. The number of hydrogen-bond donors (Lipinski definition) is 0. The topological polar surface area (TPSA) is 12.9 Å². The van der Waals surface area contributed by atoms with E-state index in [2.05, 4.69) is 80.7 Å². The molecule has 1 aromatic heterocycles. The van der Waals surface area contributed by atoms with Gasteiger partial charge in [-0.3, -0.25) is 4.98 Å². The molecule has 0 spiro atoms. The van der Waals surface area contributed by atoms with Crippen LogP contribution in [-0.2, 0) is 25.7 Å². The zero-order chi connectivity index (χ0) is 20.8. The molecule has 0 radical (unpaired) electrons. The second kappa shape index (κ2) is 10.1. The molecule has 2 aromatic carbocycles. The third-order valence-electron chi connectivity index (χ3n) is 6.79. The summed E-state index contributed by atoms with van der Waals surface area (Å²) in [5, 5.41) is 0. The molecule has 1 heteroatoms. The van der Waals surface area contributed by atoms with E-state index < -0.39 is 0 Å². The molecule has 0 bridgehead atoms. The van der Waals surface area contributed by atoms with Gasteiger partial charge in [0, 0.05) is 18.3 Å². The van der Waals surface area contributed by atoms with Crippen molar-refractivity contribution in [2.45, 2.75) is 65.2 Å². The summed E-state index contributed by atoms with van der Waals surface area (Å²) in [6.45, 7) is 4.59. The summed E-state index contributed by atoms with van der Waals surface area (Å²) in [7, 11) is 0. The van der Waals surface area contributed by atoms with E-state index >= 15 is 0 Å². The molecule has 3 aromatic rings. The van der Waals surface area contributed by atoms with Gasteiger partial charge in [-0.1, -0.05) is 81.3 Å². The lowest BCUT2D eigenvalue weighted by Crippen LogP contribution is -2.14. The van der Waals surface area contributed by atoms with Crippen LogP contribution in [0.4, 0.5) is 0 Å². The Balaban J connectivity index is 1.30. The number of aryl methyl sites for hydroxylation is 1. The van der Waals surface area contributed by atoms with Crippen LogP contribution >= 0.6 is 0 Å². The van der Waals surface area contributed by atoms with Crippen LogP contribution in [0.3, 0.4) is 0 Å². The highest BCUT2D eigenvalue weighted by Gasteiger charge is 2.18. The Morgan fingerprint density at radius 2 is 1.20 bits per heavy atom. The van der Waals surface area contributed by atoms with Crippen molar-refractivity contribution >= 4 is 0 Å². The Hall–Kier alpha value is -2.41. The summed E-state index contributed by atoms with van der Waals surface area (Å²) < 4.78 is 0. The van der Waals surface area contributed by atoms with E-state index in [1.54, 1.807) is 0 Å². The van der Waals surface area contributed by atoms with Gasteiger partial charge in [-0.2, -0.15) is 0 Å². The molecule has 4 rings (SSSR count). The quantitative estimate of drug-likeness (QED) is 0.411. The molecule has 1 aliphatic rings. The Bertz CT molecular complexity index is 898. The van der Waals surface area contributed by atoms with E-state index in [-0.39, 0.29) is 0 Å². The van der Waals surface area contributed by atoms with Crippen LogP contribution < -0.4 is 0 Å². The fraction of sp³-hybridized carbons (Fsp3) is 0.414. The van der Waals surface area contributed by atoms with E-state index in [0.717, 1.165) is 31.1 Å². The number of aromatic nitrogens is 1. The Morgan fingerprint density at radius 1 is 0.667 bits per heavy atom. The van der Waals surface area contributed by atoms with Crippen LogP contribution in [0.2, 0.25) is 0 Å². The van der Waals surface area contributed by atoms with Crippen LogP contribution in [0.5, 0.6) is 0 Å². The minimum atomic E-state index is 0.861. The maximum absolute atomic E-state index is 4.76. The highest BCUT2D eigenvalue weighted by Crippen LogP contribution is 2.30. The summed E-state index contributed by atoms with van der Waals surface area (Å²) in [6.07, 6.45) is 11.9. The molecule has 156 valence electrons. The first-order chi connectivity index (χ1) is 14.7. The first-order valence-corrected chi connectivity index (χ1v) is 11.8. The Labute approximate surface area is 182 Å². The van der Waals surface area contributed by atoms with Crippen LogP contribution in [0, 0.1) is 11.8 Å². The predicted molar refractivity (Wildman–Crippen MR) is 127 cm³/mol. The molecule has 1 heterocycles. The first kappa shape index (κ1) is 20.8. The van der Waals surface area contributed by atoms with Crippen LogP contribution in [0.25, 0.3) is 0 Å². The van der Waals surface area contributed by atoms with Gasteiger partial charge in [0.15, 0.2) is 0 Å². The molecule has 0 amide bonds. The fourth-order valence-corrected chi connectivity index (χ4v) is 4.66. The lowest BCUT2D eigenvalue weighted by atomic mass is 9.80. The number of benzene rings is 2. The zero-order valence-corrected chi connectivity index (χ0v) is 18.6. The normalized spacial score (nSPS) is 19.0. The van der Waals surface area contributed by atoms with Crippen molar-refractivity contribution in [3.63, 3.8) is 0 Å². The lowest BCUT2D eigenvalue weighted by Gasteiger charge is -2.26. The molecule has 0 atom stereocenters. The van der Waals surface area contributed by atoms with Crippen molar-refractivity contribution in [1.82, 2.24) is 4.98 Å². The molecule has 0 unspecified atom stereocenters. The average Bonchev–Trinajstić information content (AvgIpc) is 2.78. The monoisotopic (exact) mass is 397 g/mol. The van der Waals surface area contributed by atoms with E-state index in [0.29, 0.717) is 0 Å². The van der Waals surface area contributed by atoms with Gasteiger partial charge >= 0.3 is 0 Å². The van der Waals surface area contributed by atoms with Crippen molar-refractivity contribution in [2.24, 2.45) is 11.8 Å². The van der Waals surface area contributed by atoms with Gasteiger partial charge in [-0.05, 0) is 77.8 Å². The zero-order valence-electron chi connectivity index (χ0n) is 18.6. The third-order valence-corrected chi connectivity index (χ3v) is 6.79. The largest absolute Gasteiger partial charge is 0.261 e. The van der Waals surface area contributed by atoms with Crippen LogP contribution in [-0.4, -0.2) is 4.98 Å². The van der Waals surface area contributed by atoms with Crippen molar-refractivity contribution in [1.29, 1.82) is 0 Å². The third kappa shape index (κ3) is 5.81. The molecule has 1 saturated carbocycles. The molecule has 0 aliphatic heterocycles. The van der Waals surface area contributed by atoms with E-state index in [1.807, 2.05) is 0 Å². The van der Waals surface area contributed by atoms with Gasteiger partial charge in [-0.25, -0.2) is 0 Å². The SMILES string of the molecule is CCc1ccc(Cc2ccc(Cc3ccc(CC4CCC(C)CC4)cn3)cc2)cc1. The molecule has 1 nitrogen and oxygen atoms in total. The minimum Gasteiger partial charge on any atom is -0.261 e. The molecule has 1 fully saturated rings. The molecular weight excluding hydrogens is 362 g/mol. The Kier molecular flexibility index (Phi) is 7.00. The summed E-state index contributed by atoms with van der Waals surface area (Å²) in [5.74, 6) is 1.79. The van der Waals surface area contributed by atoms with E-state index in [1.165, 1.54) is 65.6 Å². The molecule has 0 N–H and O–H groups in total. The molecule has 1 aliphatic carbocycles. The number of rotatable bonds is 7. The average molecular weight is 398 g/mol. The maximum atomic E-state index is 4.76. The van der Waals surface area contributed by atoms with Gasteiger partial charge in [0.25, 0.3) is 0 Å². The summed E-state index contributed by atoms with van der Waals surface area (Å²) in [6, 6.07) is 22.6. The number of pyridine rings is 1. The second-order valence-electron chi connectivity index (χ2n) is 9.33. The molecule has 0 saturated heterocycles. The van der Waals surface area contributed by atoms with Crippen molar-refractivity contribution in [3.05, 3.63) is 100 Å². The predicted octanol–water partition coefficient (Wildman–Crippen LogP) is 7.19. The van der Waals surface area contributed by atoms with Gasteiger partial charge < -0.3 is 0 Å². The molecule has 30 heavy (non-hydrogen) atoms. The van der Waals surface area contributed by atoms with Gasteiger partial charge in [0.1, 0.15) is 0 Å². The summed E-state index contributed by atoms with van der Waals surface area (Å²) >= 11 is 0. The van der Waals surface area contributed by atoms with E-state index in [9.17, 15) is 0 Å². The highest BCUT2D eigenvalue weighted by atomic mass is 14.7. The highest BCUT2D eigenvalue weighted by molar-refractivity contribution is 5.32. The van der Waals surface area contributed by atoms with Crippen molar-refractivity contribution < 1.29 is 0 Å². The van der Waals surface area contributed by atoms with Gasteiger partial charge in [-0.15, -0.1) is 0 Å². The number of hydrogen-bond acceptors (Lipinski definition) is 1. The number of nitrogens with zero attached hydrogens (tertiary/aromatic N) is 1. The van der Waals surface area contributed by atoms with E-state index in [4.69, 9.17) is 4.98 Å². The Morgan fingerprint density at radius 3 is 1.73 bits per heavy atom. The maximum Gasteiger partial charge on any atom is 0.0447 e. The van der Waals surface area contributed by atoms with Crippen molar-refractivity contribution in [3.8, 4) is 0 Å². The first-order valence-electron chi connectivity index (χ1n) is 11.8. The fourth-order valence-electron chi connectivity index (χ4n) is 4.66. The lowest BCUT2D eigenvalue weighted by molar-refractivity contribution is 0.289. The van der Waals surface area contributed by atoms with Crippen LogP contribution in [0.15, 0.2) is 66.9 Å². The molecular formula is C29H35N. The summed E-state index contributed by atoms with van der Waals surface area (Å²) in [4.78, 5) is 4.76. The van der Waals surface area contributed by atoms with Crippen molar-refractivity contribution in [2.75, 3.05) is 0 Å². The van der Waals surface area contributed by atoms with Gasteiger partial charge in [0.05, 0.1) is 0 Å².